The lowest BCUT2D eigenvalue weighted by molar-refractivity contribution is -0.122. The highest BCUT2D eigenvalue weighted by molar-refractivity contribution is 5.78. The SMILES string of the molecule is CCNCC1CCN(CC(=O)NCCOc2ccccc2)CC1. The van der Waals surface area contributed by atoms with Crippen LogP contribution in [0, 0.1) is 5.92 Å². The van der Waals surface area contributed by atoms with Gasteiger partial charge >= 0.3 is 0 Å². The molecule has 0 atom stereocenters. The molecular weight excluding hydrogens is 290 g/mol. The van der Waals surface area contributed by atoms with Crippen molar-refractivity contribution in [3.8, 4) is 5.75 Å². The van der Waals surface area contributed by atoms with Gasteiger partial charge in [0.2, 0.25) is 5.91 Å². The Bertz CT molecular complexity index is 445. The van der Waals surface area contributed by atoms with Crippen molar-refractivity contribution in [1.82, 2.24) is 15.5 Å². The van der Waals surface area contributed by atoms with Gasteiger partial charge in [-0.15, -0.1) is 0 Å². The average molecular weight is 319 g/mol. The van der Waals surface area contributed by atoms with Gasteiger partial charge in [-0.2, -0.15) is 0 Å². The zero-order valence-electron chi connectivity index (χ0n) is 14.1. The fourth-order valence-corrected chi connectivity index (χ4v) is 2.83. The van der Waals surface area contributed by atoms with E-state index < -0.39 is 0 Å². The average Bonchev–Trinajstić information content (AvgIpc) is 2.59. The molecule has 23 heavy (non-hydrogen) atoms. The van der Waals surface area contributed by atoms with Gasteiger partial charge in [-0.05, 0) is 57.1 Å². The molecule has 0 saturated carbocycles. The monoisotopic (exact) mass is 319 g/mol. The summed E-state index contributed by atoms with van der Waals surface area (Å²) in [4.78, 5) is 14.2. The van der Waals surface area contributed by atoms with Gasteiger partial charge in [-0.1, -0.05) is 25.1 Å². The Morgan fingerprint density at radius 3 is 2.70 bits per heavy atom. The minimum atomic E-state index is 0.0896. The number of amides is 1. The van der Waals surface area contributed by atoms with Crippen LogP contribution in [0.5, 0.6) is 5.75 Å². The van der Waals surface area contributed by atoms with Gasteiger partial charge in [0, 0.05) is 0 Å². The third-order valence-electron chi connectivity index (χ3n) is 4.19. The van der Waals surface area contributed by atoms with Crippen molar-refractivity contribution in [2.24, 2.45) is 5.92 Å². The summed E-state index contributed by atoms with van der Waals surface area (Å²) in [5.41, 5.74) is 0. The van der Waals surface area contributed by atoms with E-state index in [9.17, 15) is 4.79 Å². The highest BCUT2D eigenvalue weighted by Gasteiger charge is 2.20. The standard InChI is InChI=1S/C18H29N3O2/c1-2-19-14-16-8-11-21(12-9-16)15-18(22)20-10-13-23-17-6-4-3-5-7-17/h3-7,16,19H,2,8-15H2,1H3,(H,20,22). The molecule has 0 bridgehead atoms. The third kappa shape index (κ3) is 7.01. The lowest BCUT2D eigenvalue weighted by atomic mass is 9.97. The van der Waals surface area contributed by atoms with Crippen LogP contribution in [-0.4, -0.2) is 56.7 Å². The van der Waals surface area contributed by atoms with Crippen molar-refractivity contribution >= 4 is 5.91 Å². The molecule has 0 spiro atoms. The third-order valence-corrected chi connectivity index (χ3v) is 4.19. The highest BCUT2D eigenvalue weighted by atomic mass is 16.5. The van der Waals surface area contributed by atoms with Gasteiger partial charge in [0.1, 0.15) is 12.4 Å². The predicted molar refractivity (Wildman–Crippen MR) is 92.7 cm³/mol. The van der Waals surface area contributed by atoms with Gasteiger partial charge in [-0.25, -0.2) is 0 Å². The van der Waals surface area contributed by atoms with Gasteiger partial charge < -0.3 is 15.4 Å². The van der Waals surface area contributed by atoms with Crippen molar-refractivity contribution in [2.75, 3.05) is 45.9 Å². The second-order valence-corrected chi connectivity index (χ2v) is 6.04. The number of carbonyl (C=O) groups is 1. The van der Waals surface area contributed by atoms with E-state index >= 15 is 0 Å². The highest BCUT2D eigenvalue weighted by Crippen LogP contribution is 2.15. The summed E-state index contributed by atoms with van der Waals surface area (Å²) in [6, 6.07) is 9.66. The lowest BCUT2D eigenvalue weighted by Crippen LogP contribution is -2.43. The zero-order chi connectivity index (χ0) is 16.3. The van der Waals surface area contributed by atoms with Crippen molar-refractivity contribution < 1.29 is 9.53 Å². The predicted octanol–water partition coefficient (Wildman–Crippen LogP) is 1.50. The van der Waals surface area contributed by atoms with Crippen LogP contribution in [-0.2, 0) is 4.79 Å². The first-order valence-electron chi connectivity index (χ1n) is 8.65. The van der Waals surface area contributed by atoms with E-state index in [0.29, 0.717) is 19.7 Å². The van der Waals surface area contributed by atoms with Crippen LogP contribution in [0.25, 0.3) is 0 Å². The van der Waals surface area contributed by atoms with Crippen molar-refractivity contribution in [1.29, 1.82) is 0 Å². The van der Waals surface area contributed by atoms with Gasteiger partial charge in [0.25, 0.3) is 0 Å². The Kier molecular flexibility index (Phi) is 7.90. The van der Waals surface area contributed by atoms with E-state index in [1.165, 1.54) is 12.8 Å². The number of hydrogen-bond donors (Lipinski definition) is 2. The summed E-state index contributed by atoms with van der Waals surface area (Å²) >= 11 is 0. The molecule has 5 heteroatoms. The van der Waals surface area contributed by atoms with Crippen molar-refractivity contribution in [2.45, 2.75) is 19.8 Å². The molecule has 2 N–H and O–H groups in total. The van der Waals surface area contributed by atoms with Crippen LogP contribution in [0.1, 0.15) is 19.8 Å². The molecule has 1 saturated heterocycles. The maximum Gasteiger partial charge on any atom is 0.234 e. The number of hydrogen-bond acceptors (Lipinski definition) is 4. The van der Waals surface area contributed by atoms with Crippen LogP contribution in [0.3, 0.4) is 0 Å². The number of rotatable bonds is 9. The van der Waals surface area contributed by atoms with Gasteiger partial charge in [0.05, 0.1) is 13.1 Å². The van der Waals surface area contributed by atoms with Crippen LogP contribution in [0.2, 0.25) is 0 Å². The Morgan fingerprint density at radius 2 is 2.00 bits per heavy atom. The van der Waals surface area contributed by atoms with E-state index in [1.54, 1.807) is 0 Å². The fourth-order valence-electron chi connectivity index (χ4n) is 2.83. The molecule has 1 heterocycles. The summed E-state index contributed by atoms with van der Waals surface area (Å²) in [5, 5.41) is 6.34. The Balaban J connectivity index is 1.53. The summed E-state index contributed by atoms with van der Waals surface area (Å²) in [6.45, 7) is 7.86. The van der Waals surface area contributed by atoms with Crippen molar-refractivity contribution in [3.63, 3.8) is 0 Å². The van der Waals surface area contributed by atoms with Gasteiger partial charge in [-0.3, -0.25) is 9.69 Å². The molecule has 0 aliphatic carbocycles. The zero-order valence-corrected chi connectivity index (χ0v) is 14.1. The van der Waals surface area contributed by atoms with Crippen LogP contribution >= 0.6 is 0 Å². The fraction of sp³-hybridized carbons (Fsp3) is 0.611. The number of piperidine rings is 1. The van der Waals surface area contributed by atoms with E-state index in [4.69, 9.17) is 4.74 Å². The first kappa shape index (κ1) is 17.8. The molecule has 0 radical (unpaired) electrons. The normalized spacial score (nSPS) is 16.2. The van der Waals surface area contributed by atoms with Crippen LogP contribution in [0.15, 0.2) is 30.3 Å². The van der Waals surface area contributed by atoms with Crippen LogP contribution in [0.4, 0.5) is 0 Å². The molecule has 1 aliphatic rings. The number of nitrogens with one attached hydrogen (secondary N) is 2. The molecule has 0 aromatic heterocycles. The van der Waals surface area contributed by atoms with E-state index in [0.717, 1.165) is 37.8 Å². The van der Waals surface area contributed by atoms with E-state index in [1.807, 2.05) is 30.3 Å². The molecule has 1 amide bonds. The molecule has 1 aliphatic heterocycles. The number of ether oxygens (including phenoxy) is 1. The summed E-state index contributed by atoms with van der Waals surface area (Å²) in [7, 11) is 0. The molecular formula is C18H29N3O2. The number of likely N-dealkylation sites (tertiary alicyclic amines) is 1. The Morgan fingerprint density at radius 1 is 1.26 bits per heavy atom. The largest absolute Gasteiger partial charge is 0.492 e. The lowest BCUT2D eigenvalue weighted by Gasteiger charge is -2.31. The van der Waals surface area contributed by atoms with Crippen molar-refractivity contribution in [3.05, 3.63) is 30.3 Å². The van der Waals surface area contributed by atoms with Crippen LogP contribution < -0.4 is 15.4 Å². The number of benzene rings is 1. The Hall–Kier alpha value is -1.59. The minimum absolute atomic E-state index is 0.0896. The maximum atomic E-state index is 12.0. The maximum absolute atomic E-state index is 12.0. The molecule has 1 aromatic rings. The second-order valence-electron chi connectivity index (χ2n) is 6.04. The molecule has 0 unspecified atom stereocenters. The minimum Gasteiger partial charge on any atom is -0.492 e. The molecule has 1 aromatic carbocycles. The molecule has 1 fully saturated rings. The first-order chi connectivity index (χ1) is 11.3. The number of para-hydroxylation sites is 1. The quantitative estimate of drug-likeness (QED) is 0.678. The molecule has 5 nitrogen and oxygen atoms in total. The van der Waals surface area contributed by atoms with Gasteiger partial charge in [0.15, 0.2) is 0 Å². The topological polar surface area (TPSA) is 53.6 Å². The Labute approximate surface area is 139 Å². The number of nitrogens with zero attached hydrogens (tertiary/aromatic N) is 1. The molecule has 2 rings (SSSR count). The second kappa shape index (κ2) is 10.2. The summed E-state index contributed by atoms with van der Waals surface area (Å²) in [6.07, 6.45) is 2.36. The summed E-state index contributed by atoms with van der Waals surface area (Å²) < 4.78 is 5.56. The first-order valence-corrected chi connectivity index (χ1v) is 8.65. The molecule has 128 valence electrons. The van der Waals surface area contributed by atoms with E-state index in [-0.39, 0.29) is 5.91 Å². The number of carbonyl (C=O) groups excluding carboxylic acids is 1. The van der Waals surface area contributed by atoms with E-state index in [2.05, 4.69) is 22.5 Å². The smallest absolute Gasteiger partial charge is 0.234 e. The summed E-state index contributed by atoms with van der Waals surface area (Å²) in [5.74, 6) is 1.69.